The Labute approximate surface area is 111 Å². The lowest BCUT2D eigenvalue weighted by atomic mass is 10.1. The average molecular weight is 260 g/mol. The van der Waals surface area contributed by atoms with Crippen molar-refractivity contribution in [1.82, 2.24) is 10.2 Å². The van der Waals surface area contributed by atoms with Crippen LogP contribution in [0.25, 0.3) is 0 Å². The number of benzene rings is 1. The molecule has 100 valence electrons. The molecule has 1 fully saturated rings. The number of amides is 2. The Kier molecular flexibility index (Phi) is 4.41. The van der Waals surface area contributed by atoms with E-state index in [9.17, 15) is 14.4 Å². The standard InChI is InChI=1S/C14H16N2O3/c17-10-9-16(14(19)12-7-4-8-15-12)13(18)11-5-2-1-3-6-11/h1-3,5-6,10,12,15H,4,7-9H2/t12-/m0/s1. The van der Waals surface area contributed by atoms with E-state index in [-0.39, 0.29) is 18.5 Å². The van der Waals surface area contributed by atoms with Gasteiger partial charge in [0.15, 0.2) is 0 Å². The molecule has 1 N–H and O–H groups in total. The maximum atomic E-state index is 12.3. The second-order valence-electron chi connectivity index (χ2n) is 4.44. The molecule has 0 saturated carbocycles. The van der Waals surface area contributed by atoms with Crippen LogP contribution in [-0.4, -0.2) is 42.1 Å². The van der Waals surface area contributed by atoms with Crippen LogP contribution in [0.1, 0.15) is 23.2 Å². The van der Waals surface area contributed by atoms with Gasteiger partial charge < -0.3 is 10.1 Å². The molecule has 1 saturated heterocycles. The first kappa shape index (κ1) is 13.4. The van der Waals surface area contributed by atoms with Crippen molar-refractivity contribution >= 4 is 18.1 Å². The van der Waals surface area contributed by atoms with Crippen LogP contribution in [0.4, 0.5) is 0 Å². The molecule has 1 aromatic carbocycles. The first-order chi connectivity index (χ1) is 9.24. The summed E-state index contributed by atoms with van der Waals surface area (Å²) in [6.45, 7) is 0.565. The number of carbonyl (C=O) groups is 3. The largest absolute Gasteiger partial charge is 0.306 e. The first-order valence-electron chi connectivity index (χ1n) is 6.32. The molecule has 1 atom stereocenters. The van der Waals surface area contributed by atoms with E-state index in [4.69, 9.17) is 0 Å². The lowest BCUT2D eigenvalue weighted by Gasteiger charge is -2.22. The molecule has 5 nitrogen and oxygen atoms in total. The molecule has 0 spiro atoms. The van der Waals surface area contributed by atoms with Gasteiger partial charge in [-0.2, -0.15) is 0 Å². The molecule has 0 aromatic heterocycles. The Morgan fingerprint density at radius 3 is 2.63 bits per heavy atom. The van der Waals surface area contributed by atoms with Crippen molar-refractivity contribution in [2.45, 2.75) is 18.9 Å². The van der Waals surface area contributed by atoms with Gasteiger partial charge in [0.1, 0.15) is 6.29 Å². The predicted octanol–water partition coefficient (Wildman–Crippen LogP) is 0.606. The molecule has 1 heterocycles. The summed E-state index contributed by atoms with van der Waals surface area (Å²) < 4.78 is 0. The fourth-order valence-corrected chi connectivity index (χ4v) is 2.17. The molecular weight excluding hydrogens is 244 g/mol. The van der Waals surface area contributed by atoms with E-state index in [0.29, 0.717) is 18.3 Å². The number of imide groups is 1. The van der Waals surface area contributed by atoms with Crippen molar-refractivity contribution in [1.29, 1.82) is 0 Å². The summed E-state index contributed by atoms with van der Waals surface area (Å²) in [6, 6.07) is 8.16. The monoisotopic (exact) mass is 260 g/mol. The predicted molar refractivity (Wildman–Crippen MR) is 69.6 cm³/mol. The van der Waals surface area contributed by atoms with Gasteiger partial charge in [0.2, 0.25) is 5.91 Å². The number of nitrogens with zero attached hydrogens (tertiary/aromatic N) is 1. The van der Waals surface area contributed by atoms with Gasteiger partial charge in [0.05, 0.1) is 12.6 Å². The Morgan fingerprint density at radius 2 is 2.05 bits per heavy atom. The van der Waals surface area contributed by atoms with Crippen LogP contribution < -0.4 is 5.32 Å². The fourth-order valence-electron chi connectivity index (χ4n) is 2.17. The minimum Gasteiger partial charge on any atom is -0.306 e. The van der Waals surface area contributed by atoms with Crippen molar-refractivity contribution in [2.24, 2.45) is 0 Å². The van der Waals surface area contributed by atoms with Gasteiger partial charge in [-0.15, -0.1) is 0 Å². The first-order valence-corrected chi connectivity index (χ1v) is 6.32. The molecule has 0 radical (unpaired) electrons. The highest BCUT2D eigenvalue weighted by atomic mass is 16.2. The number of hydrogen-bond donors (Lipinski definition) is 1. The Balaban J connectivity index is 2.17. The lowest BCUT2D eigenvalue weighted by molar-refractivity contribution is -0.132. The smallest absolute Gasteiger partial charge is 0.260 e. The van der Waals surface area contributed by atoms with Gasteiger partial charge in [-0.3, -0.25) is 14.5 Å². The van der Waals surface area contributed by atoms with Crippen molar-refractivity contribution in [2.75, 3.05) is 13.1 Å². The second kappa shape index (κ2) is 6.24. The molecule has 1 aliphatic heterocycles. The topological polar surface area (TPSA) is 66.5 Å². The SMILES string of the molecule is O=CCN(C(=O)c1ccccc1)C(=O)[C@@H]1CCCN1. The van der Waals surface area contributed by atoms with E-state index < -0.39 is 5.91 Å². The van der Waals surface area contributed by atoms with Crippen molar-refractivity contribution in [3.8, 4) is 0 Å². The highest BCUT2D eigenvalue weighted by Crippen LogP contribution is 2.11. The van der Waals surface area contributed by atoms with Crippen molar-refractivity contribution < 1.29 is 14.4 Å². The lowest BCUT2D eigenvalue weighted by Crippen LogP contribution is -2.47. The summed E-state index contributed by atoms with van der Waals surface area (Å²) in [5.41, 5.74) is 0.413. The molecule has 1 aliphatic rings. The summed E-state index contributed by atoms with van der Waals surface area (Å²) in [7, 11) is 0. The van der Waals surface area contributed by atoms with Crippen molar-refractivity contribution in [3.63, 3.8) is 0 Å². The number of carbonyl (C=O) groups excluding carboxylic acids is 3. The van der Waals surface area contributed by atoms with Gasteiger partial charge in [0.25, 0.3) is 5.91 Å². The third-order valence-corrected chi connectivity index (χ3v) is 3.15. The molecule has 0 aliphatic carbocycles. The average Bonchev–Trinajstić information content (AvgIpc) is 2.98. The summed E-state index contributed by atoms with van der Waals surface area (Å²) in [4.78, 5) is 36.2. The van der Waals surface area contributed by atoms with Gasteiger partial charge in [-0.05, 0) is 31.5 Å². The quantitative estimate of drug-likeness (QED) is 0.636. The Morgan fingerprint density at radius 1 is 1.32 bits per heavy atom. The second-order valence-corrected chi connectivity index (χ2v) is 4.44. The number of nitrogens with one attached hydrogen (secondary N) is 1. The van der Waals surface area contributed by atoms with Crippen LogP contribution in [0.2, 0.25) is 0 Å². The summed E-state index contributed by atoms with van der Waals surface area (Å²) in [5, 5.41) is 3.04. The third kappa shape index (κ3) is 3.06. The molecular formula is C14H16N2O3. The van der Waals surface area contributed by atoms with Gasteiger partial charge in [-0.1, -0.05) is 18.2 Å². The number of rotatable bonds is 4. The van der Waals surface area contributed by atoms with E-state index in [2.05, 4.69) is 5.32 Å². The maximum Gasteiger partial charge on any atom is 0.260 e. The van der Waals surface area contributed by atoms with Crippen molar-refractivity contribution in [3.05, 3.63) is 35.9 Å². The molecule has 19 heavy (non-hydrogen) atoms. The normalized spacial score (nSPS) is 18.0. The van der Waals surface area contributed by atoms with E-state index in [1.165, 1.54) is 0 Å². The van der Waals surface area contributed by atoms with Crippen LogP contribution in [0.5, 0.6) is 0 Å². The molecule has 2 rings (SSSR count). The number of hydrogen-bond acceptors (Lipinski definition) is 4. The summed E-state index contributed by atoms with van der Waals surface area (Å²) in [5.74, 6) is -0.746. The zero-order valence-electron chi connectivity index (χ0n) is 10.5. The molecule has 0 unspecified atom stereocenters. The van der Waals surface area contributed by atoms with E-state index in [1.54, 1.807) is 30.3 Å². The Hall–Kier alpha value is -2.01. The minimum atomic E-state index is -0.425. The third-order valence-electron chi connectivity index (χ3n) is 3.15. The maximum absolute atomic E-state index is 12.3. The summed E-state index contributed by atoms with van der Waals surface area (Å²) in [6.07, 6.45) is 2.19. The van der Waals surface area contributed by atoms with Gasteiger partial charge in [0, 0.05) is 5.56 Å². The highest BCUT2D eigenvalue weighted by molar-refractivity contribution is 6.07. The Bertz CT molecular complexity index is 467. The fraction of sp³-hybridized carbons (Fsp3) is 0.357. The molecule has 5 heteroatoms. The van der Waals surface area contributed by atoms with Crippen LogP contribution in [-0.2, 0) is 9.59 Å². The highest BCUT2D eigenvalue weighted by Gasteiger charge is 2.30. The van der Waals surface area contributed by atoms with Gasteiger partial charge >= 0.3 is 0 Å². The van der Waals surface area contributed by atoms with Crippen LogP contribution in [0, 0.1) is 0 Å². The zero-order valence-corrected chi connectivity index (χ0v) is 10.5. The van der Waals surface area contributed by atoms with E-state index in [1.807, 2.05) is 0 Å². The van der Waals surface area contributed by atoms with Crippen LogP contribution >= 0.6 is 0 Å². The number of aldehydes is 1. The zero-order chi connectivity index (χ0) is 13.7. The van der Waals surface area contributed by atoms with Gasteiger partial charge in [-0.25, -0.2) is 0 Å². The van der Waals surface area contributed by atoms with Crippen LogP contribution in [0.3, 0.4) is 0 Å². The molecule has 1 aromatic rings. The summed E-state index contributed by atoms with van der Waals surface area (Å²) >= 11 is 0. The van der Waals surface area contributed by atoms with E-state index in [0.717, 1.165) is 17.9 Å². The molecule has 0 bridgehead atoms. The minimum absolute atomic E-state index is 0.204. The molecule has 2 amide bonds. The van der Waals surface area contributed by atoms with E-state index >= 15 is 0 Å². The van der Waals surface area contributed by atoms with Crippen LogP contribution in [0.15, 0.2) is 30.3 Å².